The third-order valence-corrected chi connectivity index (χ3v) is 4.17. The van der Waals surface area contributed by atoms with Gasteiger partial charge in [0.1, 0.15) is 0 Å². The fourth-order valence-electron chi connectivity index (χ4n) is 1.43. The fraction of sp³-hybridized carbons (Fsp3) is 0.455. The first-order chi connectivity index (χ1) is 8.01. The molecule has 0 aliphatic heterocycles. The Balaban J connectivity index is 2.90. The van der Waals surface area contributed by atoms with Crippen molar-refractivity contribution in [2.24, 2.45) is 5.92 Å². The molecule has 1 aromatic carbocycles. The molecule has 0 saturated carbocycles. The zero-order valence-electron chi connectivity index (χ0n) is 8.89. The van der Waals surface area contributed by atoms with Crippen molar-refractivity contribution in [1.29, 1.82) is 0 Å². The summed E-state index contributed by atoms with van der Waals surface area (Å²) in [4.78, 5) is 0. The van der Waals surface area contributed by atoms with Gasteiger partial charge in [0, 0.05) is 19.1 Å². The number of rotatable bonds is 5. The largest absolute Gasteiger partial charge is 0.396 e. The van der Waals surface area contributed by atoms with Crippen molar-refractivity contribution < 1.29 is 10.2 Å². The molecular formula is C11H12Cl4O2. The first-order valence-corrected chi connectivity index (χ1v) is 6.56. The van der Waals surface area contributed by atoms with Gasteiger partial charge in [0.05, 0.1) is 20.1 Å². The number of halogens is 4. The third-order valence-electron chi connectivity index (χ3n) is 2.52. The number of hydrogen-bond acceptors (Lipinski definition) is 2. The highest BCUT2D eigenvalue weighted by Gasteiger charge is 2.15. The highest BCUT2D eigenvalue weighted by atomic mass is 35.5. The lowest BCUT2D eigenvalue weighted by atomic mass is 10.0. The highest BCUT2D eigenvalue weighted by Crippen LogP contribution is 2.38. The van der Waals surface area contributed by atoms with Crippen molar-refractivity contribution >= 4 is 46.4 Å². The summed E-state index contributed by atoms with van der Waals surface area (Å²) < 4.78 is 0. The summed E-state index contributed by atoms with van der Waals surface area (Å²) >= 11 is 23.9. The first kappa shape index (κ1) is 15.4. The van der Waals surface area contributed by atoms with Gasteiger partial charge in [-0.15, -0.1) is 0 Å². The van der Waals surface area contributed by atoms with Gasteiger partial charge >= 0.3 is 0 Å². The fourth-order valence-corrected chi connectivity index (χ4v) is 2.47. The minimum atomic E-state index is -0.195. The van der Waals surface area contributed by atoms with Gasteiger partial charge in [-0.2, -0.15) is 0 Å². The molecule has 0 saturated heterocycles. The first-order valence-electron chi connectivity index (χ1n) is 5.04. The smallest absolute Gasteiger partial charge is 0.0640 e. The van der Waals surface area contributed by atoms with E-state index in [1.165, 1.54) is 6.07 Å². The molecule has 0 aliphatic carbocycles. The molecule has 0 aromatic heterocycles. The summed E-state index contributed by atoms with van der Waals surface area (Å²) in [6, 6.07) is 1.49. The summed E-state index contributed by atoms with van der Waals surface area (Å²) in [5.41, 5.74) is 0.651. The van der Waals surface area contributed by atoms with E-state index < -0.39 is 0 Å². The van der Waals surface area contributed by atoms with Crippen LogP contribution in [0.1, 0.15) is 12.0 Å². The van der Waals surface area contributed by atoms with Crippen LogP contribution in [0.3, 0.4) is 0 Å². The van der Waals surface area contributed by atoms with Crippen LogP contribution in [0, 0.1) is 5.92 Å². The van der Waals surface area contributed by atoms with Crippen LogP contribution in [0.5, 0.6) is 0 Å². The number of aliphatic hydroxyl groups is 2. The molecule has 6 heteroatoms. The van der Waals surface area contributed by atoms with Gasteiger partial charge in [-0.3, -0.25) is 0 Å². The van der Waals surface area contributed by atoms with E-state index in [0.29, 0.717) is 38.5 Å². The SMILES string of the molecule is OCC(CO)CCc1c(Cl)c(Cl)cc(Cl)c1Cl. The van der Waals surface area contributed by atoms with Gasteiger partial charge in [0.2, 0.25) is 0 Å². The monoisotopic (exact) mass is 316 g/mol. The van der Waals surface area contributed by atoms with Crippen molar-refractivity contribution in [3.63, 3.8) is 0 Å². The minimum absolute atomic E-state index is 0.0833. The molecule has 2 N–H and O–H groups in total. The molecule has 0 atom stereocenters. The van der Waals surface area contributed by atoms with Gasteiger partial charge in [-0.25, -0.2) is 0 Å². The van der Waals surface area contributed by atoms with Crippen molar-refractivity contribution in [2.45, 2.75) is 12.8 Å². The van der Waals surface area contributed by atoms with Crippen molar-refractivity contribution in [2.75, 3.05) is 13.2 Å². The van der Waals surface area contributed by atoms with Crippen LogP contribution < -0.4 is 0 Å². The lowest BCUT2D eigenvalue weighted by Gasteiger charge is -2.14. The molecule has 0 bridgehead atoms. The lowest BCUT2D eigenvalue weighted by molar-refractivity contribution is 0.144. The molecule has 0 amide bonds. The predicted octanol–water partition coefficient (Wildman–Crippen LogP) is 3.83. The van der Waals surface area contributed by atoms with Crippen LogP contribution in [0.15, 0.2) is 6.07 Å². The van der Waals surface area contributed by atoms with Crippen LogP contribution in [0.4, 0.5) is 0 Å². The Morgan fingerprint density at radius 1 is 0.941 bits per heavy atom. The van der Waals surface area contributed by atoms with Crippen LogP contribution in [0.25, 0.3) is 0 Å². The van der Waals surface area contributed by atoms with E-state index in [1.807, 2.05) is 0 Å². The van der Waals surface area contributed by atoms with Crippen molar-refractivity contribution in [3.8, 4) is 0 Å². The molecule has 1 rings (SSSR count). The number of benzene rings is 1. The Labute approximate surface area is 120 Å². The highest BCUT2D eigenvalue weighted by molar-refractivity contribution is 6.48. The molecule has 0 fully saturated rings. The standard InChI is InChI=1S/C11H12Cl4O2/c12-8-3-9(13)11(15)7(10(8)14)2-1-6(4-16)5-17/h3,6,16-17H,1-2,4-5H2. The van der Waals surface area contributed by atoms with Gasteiger partial charge in [-0.1, -0.05) is 46.4 Å². The number of hydrogen-bond donors (Lipinski definition) is 2. The zero-order valence-corrected chi connectivity index (χ0v) is 11.9. The van der Waals surface area contributed by atoms with Crippen LogP contribution in [-0.2, 0) is 6.42 Å². The van der Waals surface area contributed by atoms with E-state index in [1.54, 1.807) is 0 Å². The molecule has 96 valence electrons. The summed E-state index contributed by atoms with van der Waals surface area (Å²) in [6.45, 7) is -0.167. The Hall–Kier alpha value is 0.300. The van der Waals surface area contributed by atoms with Crippen molar-refractivity contribution in [3.05, 3.63) is 31.7 Å². The Morgan fingerprint density at radius 2 is 1.41 bits per heavy atom. The summed E-state index contributed by atoms with van der Waals surface area (Å²) in [6.07, 6.45) is 1.06. The molecule has 17 heavy (non-hydrogen) atoms. The van der Waals surface area contributed by atoms with E-state index in [9.17, 15) is 0 Å². The molecular weight excluding hydrogens is 306 g/mol. The van der Waals surface area contributed by atoms with E-state index in [4.69, 9.17) is 56.6 Å². The molecule has 0 radical (unpaired) electrons. The van der Waals surface area contributed by atoms with E-state index in [2.05, 4.69) is 0 Å². The second-order valence-electron chi connectivity index (χ2n) is 3.72. The van der Waals surface area contributed by atoms with Gasteiger partial charge in [0.25, 0.3) is 0 Å². The second kappa shape index (κ2) is 7.03. The molecule has 1 aromatic rings. The molecule has 0 spiro atoms. The maximum atomic E-state index is 8.97. The molecule has 0 aliphatic rings. The summed E-state index contributed by atoms with van der Waals surface area (Å²) in [5.74, 6) is -0.195. The zero-order chi connectivity index (χ0) is 13.0. The quantitative estimate of drug-likeness (QED) is 0.810. The number of aliphatic hydroxyl groups excluding tert-OH is 2. The summed E-state index contributed by atoms with van der Waals surface area (Å²) in [5, 5.41) is 19.4. The summed E-state index contributed by atoms with van der Waals surface area (Å²) in [7, 11) is 0. The van der Waals surface area contributed by atoms with Crippen molar-refractivity contribution in [1.82, 2.24) is 0 Å². The van der Waals surface area contributed by atoms with Gasteiger partial charge in [-0.05, 0) is 24.5 Å². The van der Waals surface area contributed by atoms with E-state index in [0.717, 1.165) is 0 Å². The molecule has 2 nitrogen and oxygen atoms in total. The lowest BCUT2D eigenvalue weighted by Crippen LogP contribution is -2.12. The maximum Gasteiger partial charge on any atom is 0.0640 e. The Morgan fingerprint density at radius 3 is 1.82 bits per heavy atom. The normalized spacial score (nSPS) is 11.2. The van der Waals surface area contributed by atoms with Crippen LogP contribution in [-0.4, -0.2) is 23.4 Å². The Bertz CT molecular complexity index is 365. The van der Waals surface area contributed by atoms with E-state index >= 15 is 0 Å². The maximum absolute atomic E-state index is 8.97. The average molecular weight is 318 g/mol. The molecule has 0 unspecified atom stereocenters. The van der Waals surface area contributed by atoms with Crippen LogP contribution in [0.2, 0.25) is 20.1 Å². The van der Waals surface area contributed by atoms with Gasteiger partial charge < -0.3 is 10.2 Å². The predicted molar refractivity (Wildman–Crippen MR) is 72.5 cm³/mol. The second-order valence-corrected chi connectivity index (χ2v) is 5.29. The minimum Gasteiger partial charge on any atom is -0.396 e. The average Bonchev–Trinajstić information content (AvgIpc) is 2.31. The Kier molecular flexibility index (Phi) is 6.35. The van der Waals surface area contributed by atoms with Gasteiger partial charge in [0.15, 0.2) is 0 Å². The topological polar surface area (TPSA) is 40.5 Å². The van der Waals surface area contributed by atoms with Crippen LogP contribution >= 0.6 is 46.4 Å². The molecule has 0 heterocycles. The third kappa shape index (κ3) is 3.88. The van der Waals surface area contributed by atoms with E-state index in [-0.39, 0.29) is 19.1 Å².